The predicted molar refractivity (Wildman–Crippen MR) is 146 cm³/mol. The van der Waals surface area contributed by atoms with E-state index in [9.17, 15) is 27.6 Å². The zero-order valence-corrected chi connectivity index (χ0v) is 22.2. The molecule has 4 N–H and O–H groups in total. The molecule has 2 aromatic carbocycles. The number of ketones is 1. The number of nitrogens with two attached hydrogens (primary N) is 2. The first kappa shape index (κ1) is 30.1. The summed E-state index contributed by atoms with van der Waals surface area (Å²) in [6, 6.07) is 11.3. The number of piperazine rings is 1. The van der Waals surface area contributed by atoms with Crippen LogP contribution in [0.1, 0.15) is 23.2 Å². The SMILES string of the molecule is FC(F)CS.NCC1CN(c2ccc(N3CCN(C(=O)CCC(=O)c4cccc(N)c4)CC3)c(F)c2)C(=O)O1. The van der Waals surface area contributed by atoms with Crippen molar-refractivity contribution in [1.29, 1.82) is 0 Å². The minimum Gasteiger partial charge on any atom is -0.443 e. The topological polar surface area (TPSA) is 122 Å². The van der Waals surface area contributed by atoms with Crippen LogP contribution in [0.2, 0.25) is 0 Å². The number of nitrogen functional groups attached to an aromatic ring is 1. The Hall–Kier alpha value is -3.45. The molecular formula is C26H32F3N5O4S. The number of carbonyl (C=O) groups excluding carboxylic acids is 3. The smallest absolute Gasteiger partial charge is 0.414 e. The van der Waals surface area contributed by atoms with Gasteiger partial charge in [-0.15, -0.1) is 0 Å². The number of cyclic esters (lactones) is 1. The van der Waals surface area contributed by atoms with Crippen molar-refractivity contribution < 1.29 is 32.3 Å². The first-order valence-electron chi connectivity index (χ1n) is 12.4. The van der Waals surface area contributed by atoms with Gasteiger partial charge in [-0.2, -0.15) is 12.6 Å². The largest absolute Gasteiger partial charge is 0.443 e. The Morgan fingerprint density at radius 2 is 1.77 bits per heavy atom. The average molecular weight is 568 g/mol. The molecule has 4 rings (SSSR count). The summed E-state index contributed by atoms with van der Waals surface area (Å²) in [6.07, 6.45) is -2.96. The maximum absolute atomic E-state index is 14.9. The third kappa shape index (κ3) is 8.27. The Bertz CT molecular complexity index is 1160. The Morgan fingerprint density at radius 3 is 2.33 bits per heavy atom. The molecule has 1 atom stereocenters. The second kappa shape index (κ2) is 14.1. The quantitative estimate of drug-likeness (QED) is 0.254. The fourth-order valence-corrected chi connectivity index (χ4v) is 4.21. The lowest BCUT2D eigenvalue weighted by molar-refractivity contribution is -0.131. The molecule has 2 amide bonds. The molecular weight excluding hydrogens is 535 g/mol. The number of rotatable bonds is 8. The number of halogens is 3. The van der Waals surface area contributed by atoms with Crippen LogP contribution in [-0.4, -0.2) is 80.2 Å². The van der Waals surface area contributed by atoms with Gasteiger partial charge in [0.25, 0.3) is 0 Å². The van der Waals surface area contributed by atoms with Gasteiger partial charge in [-0.3, -0.25) is 14.5 Å². The van der Waals surface area contributed by atoms with Crippen molar-refractivity contribution in [2.45, 2.75) is 25.4 Å². The minimum atomic E-state index is -2.25. The van der Waals surface area contributed by atoms with Crippen molar-refractivity contribution in [2.24, 2.45) is 5.73 Å². The van der Waals surface area contributed by atoms with E-state index in [2.05, 4.69) is 12.6 Å². The lowest BCUT2D eigenvalue weighted by atomic mass is 10.1. The van der Waals surface area contributed by atoms with E-state index in [1.165, 1.54) is 11.0 Å². The summed E-state index contributed by atoms with van der Waals surface area (Å²) < 4.78 is 41.4. The predicted octanol–water partition coefficient (Wildman–Crippen LogP) is 3.18. The van der Waals surface area contributed by atoms with E-state index < -0.39 is 24.4 Å². The average Bonchev–Trinajstić information content (AvgIpc) is 3.32. The molecule has 1 unspecified atom stereocenters. The number of alkyl halides is 2. The molecule has 0 radical (unpaired) electrons. The maximum Gasteiger partial charge on any atom is 0.414 e. The van der Waals surface area contributed by atoms with Gasteiger partial charge in [-0.1, -0.05) is 12.1 Å². The van der Waals surface area contributed by atoms with E-state index in [0.29, 0.717) is 48.8 Å². The van der Waals surface area contributed by atoms with Gasteiger partial charge in [0.1, 0.15) is 11.9 Å². The highest BCUT2D eigenvalue weighted by molar-refractivity contribution is 7.80. The normalized spacial score (nSPS) is 17.1. The Kier molecular flexibility index (Phi) is 10.9. The number of anilines is 3. The lowest BCUT2D eigenvalue weighted by Gasteiger charge is -2.36. The fourth-order valence-electron chi connectivity index (χ4n) is 4.21. The number of nitrogens with zero attached hydrogens (tertiary/aromatic N) is 3. The second-order valence-corrected chi connectivity index (χ2v) is 9.34. The third-order valence-corrected chi connectivity index (χ3v) is 6.54. The van der Waals surface area contributed by atoms with Crippen LogP contribution in [0.25, 0.3) is 0 Å². The molecule has 2 aromatic rings. The van der Waals surface area contributed by atoms with Crippen LogP contribution in [0.5, 0.6) is 0 Å². The highest BCUT2D eigenvalue weighted by Gasteiger charge is 2.32. The summed E-state index contributed by atoms with van der Waals surface area (Å²) >= 11 is 3.27. The van der Waals surface area contributed by atoms with E-state index in [1.807, 2.05) is 4.90 Å². The molecule has 2 saturated heterocycles. The van der Waals surface area contributed by atoms with Gasteiger partial charge >= 0.3 is 6.09 Å². The summed E-state index contributed by atoms with van der Waals surface area (Å²) in [6.45, 7) is 2.29. The number of hydrogen-bond donors (Lipinski definition) is 3. The van der Waals surface area contributed by atoms with Gasteiger partial charge in [-0.25, -0.2) is 18.0 Å². The molecule has 0 aliphatic carbocycles. The summed E-state index contributed by atoms with van der Waals surface area (Å²) in [7, 11) is 0. The number of hydrogen-bond acceptors (Lipinski definition) is 8. The van der Waals surface area contributed by atoms with Crippen LogP contribution in [0, 0.1) is 5.82 Å². The van der Waals surface area contributed by atoms with Crippen molar-refractivity contribution in [3.8, 4) is 0 Å². The van der Waals surface area contributed by atoms with Gasteiger partial charge in [0, 0.05) is 56.8 Å². The third-order valence-electron chi connectivity index (χ3n) is 6.27. The van der Waals surface area contributed by atoms with Crippen LogP contribution in [0.3, 0.4) is 0 Å². The van der Waals surface area contributed by atoms with E-state index >= 15 is 0 Å². The van der Waals surface area contributed by atoms with Crippen molar-refractivity contribution >= 4 is 47.5 Å². The van der Waals surface area contributed by atoms with Gasteiger partial charge in [0.05, 0.1) is 23.7 Å². The van der Waals surface area contributed by atoms with Gasteiger partial charge < -0.3 is 26.0 Å². The number of thiol groups is 1. The minimum absolute atomic E-state index is 0.102. The Labute approximate surface area is 230 Å². The monoisotopic (exact) mass is 567 g/mol. The van der Waals surface area contributed by atoms with E-state index in [1.54, 1.807) is 41.3 Å². The highest BCUT2D eigenvalue weighted by atomic mass is 32.1. The molecule has 2 heterocycles. The van der Waals surface area contributed by atoms with Crippen molar-refractivity contribution in [3.63, 3.8) is 0 Å². The number of Topliss-reactive ketones (excluding diaryl/α,β-unsaturated/α-hetero) is 1. The molecule has 13 heteroatoms. The molecule has 9 nitrogen and oxygen atoms in total. The molecule has 2 aliphatic rings. The van der Waals surface area contributed by atoms with Gasteiger partial charge in [-0.05, 0) is 30.3 Å². The molecule has 2 fully saturated rings. The zero-order chi connectivity index (χ0) is 28.5. The summed E-state index contributed by atoms with van der Waals surface area (Å²) in [5, 5.41) is 0. The molecule has 212 valence electrons. The Balaban J connectivity index is 0.000000771. The first-order chi connectivity index (χ1) is 18.6. The van der Waals surface area contributed by atoms with Crippen LogP contribution in [0.4, 0.5) is 35.0 Å². The molecule has 39 heavy (non-hydrogen) atoms. The first-order valence-corrected chi connectivity index (χ1v) is 13.0. The lowest BCUT2D eigenvalue weighted by Crippen LogP contribution is -2.49. The van der Waals surface area contributed by atoms with Crippen LogP contribution < -0.4 is 21.3 Å². The van der Waals surface area contributed by atoms with E-state index in [0.717, 1.165) is 0 Å². The van der Waals surface area contributed by atoms with Gasteiger partial charge in [0.2, 0.25) is 12.3 Å². The van der Waals surface area contributed by atoms with Crippen molar-refractivity contribution in [1.82, 2.24) is 4.90 Å². The van der Waals surface area contributed by atoms with Crippen LogP contribution in [0.15, 0.2) is 42.5 Å². The molecule has 0 aromatic heterocycles. The number of ether oxygens (including phenoxy) is 1. The summed E-state index contributed by atoms with van der Waals surface area (Å²) in [5.41, 5.74) is 13.1. The molecule has 0 saturated carbocycles. The summed E-state index contributed by atoms with van der Waals surface area (Å²) in [4.78, 5) is 41.8. The fraction of sp³-hybridized carbons (Fsp3) is 0.423. The second-order valence-electron chi connectivity index (χ2n) is 8.98. The van der Waals surface area contributed by atoms with E-state index in [-0.39, 0.29) is 43.4 Å². The zero-order valence-electron chi connectivity index (χ0n) is 21.3. The molecule has 2 aliphatic heterocycles. The molecule has 0 bridgehead atoms. The molecule has 0 spiro atoms. The maximum atomic E-state index is 14.9. The summed E-state index contributed by atoms with van der Waals surface area (Å²) in [5.74, 6) is -1.01. The van der Waals surface area contributed by atoms with Crippen molar-refractivity contribution in [3.05, 3.63) is 53.8 Å². The van der Waals surface area contributed by atoms with Crippen LogP contribution >= 0.6 is 12.6 Å². The van der Waals surface area contributed by atoms with E-state index in [4.69, 9.17) is 16.2 Å². The number of amides is 2. The Morgan fingerprint density at radius 1 is 1.08 bits per heavy atom. The number of carbonyl (C=O) groups is 3. The highest BCUT2D eigenvalue weighted by Crippen LogP contribution is 2.28. The van der Waals surface area contributed by atoms with Gasteiger partial charge in [0.15, 0.2) is 5.78 Å². The standard InChI is InChI=1S/C24H28FN5O4.C2H4F2S/c25-20-13-18(30-15-19(14-26)34-24(30)33)4-5-21(20)28-8-10-29(11-9-28)23(32)7-6-22(31)16-2-1-3-17(27)12-16;3-2(4)1-5/h1-5,12-13,19H,6-11,14-15,26-27H2;2,5H,1H2. The van der Waals surface area contributed by atoms with Crippen molar-refractivity contribution in [2.75, 3.05) is 60.6 Å². The number of benzene rings is 2. The van der Waals surface area contributed by atoms with Crippen LogP contribution in [-0.2, 0) is 9.53 Å².